The van der Waals surface area contributed by atoms with Gasteiger partial charge in [0, 0.05) is 18.7 Å². The number of aromatic nitrogens is 2. The molecule has 1 spiro atoms. The summed E-state index contributed by atoms with van der Waals surface area (Å²) in [6, 6.07) is 7.59. The number of hydrogen-bond acceptors (Lipinski definition) is 7. The van der Waals surface area contributed by atoms with Crippen molar-refractivity contribution >= 4 is 11.6 Å². The number of amides is 1. The number of nitriles is 1. The number of piperidine rings is 1. The fourth-order valence-corrected chi connectivity index (χ4v) is 4.08. The number of nitrogens with one attached hydrogen (secondary N) is 1. The van der Waals surface area contributed by atoms with Crippen LogP contribution in [0.15, 0.2) is 30.6 Å². The van der Waals surface area contributed by atoms with Crippen LogP contribution in [0.3, 0.4) is 0 Å². The summed E-state index contributed by atoms with van der Waals surface area (Å²) in [5.74, 6) is 1.24. The molecular weight excluding hydrogens is 370 g/mol. The van der Waals surface area contributed by atoms with Gasteiger partial charge in [-0.2, -0.15) is 5.26 Å². The van der Waals surface area contributed by atoms with Crippen LogP contribution in [0.1, 0.15) is 29.8 Å². The van der Waals surface area contributed by atoms with E-state index in [1.807, 2.05) is 12.1 Å². The summed E-state index contributed by atoms with van der Waals surface area (Å²) >= 11 is 0. The first kappa shape index (κ1) is 19.3. The van der Waals surface area contributed by atoms with Crippen LogP contribution in [-0.4, -0.2) is 58.7 Å². The number of ether oxygens (including phenoxy) is 1. The minimum absolute atomic E-state index is 0.0248. The molecule has 1 aromatic carbocycles. The summed E-state index contributed by atoms with van der Waals surface area (Å²) in [6.07, 6.45) is 5.12. The highest BCUT2D eigenvalue weighted by atomic mass is 16.5. The number of hydrogen-bond donors (Lipinski definition) is 2. The Morgan fingerprint density at radius 2 is 2.03 bits per heavy atom. The topological polar surface area (TPSA) is 111 Å². The fourth-order valence-electron chi connectivity index (χ4n) is 4.08. The number of carbonyl (C=O) groups excluding carboxylic acids is 1. The van der Waals surface area contributed by atoms with Crippen molar-refractivity contribution in [3.63, 3.8) is 0 Å². The Morgan fingerprint density at radius 3 is 2.72 bits per heavy atom. The zero-order valence-corrected chi connectivity index (χ0v) is 16.1. The maximum absolute atomic E-state index is 12.7. The zero-order chi connectivity index (χ0) is 20.3. The van der Waals surface area contributed by atoms with Gasteiger partial charge in [-0.3, -0.25) is 9.69 Å². The summed E-state index contributed by atoms with van der Waals surface area (Å²) in [7, 11) is 0. The predicted molar refractivity (Wildman–Crippen MR) is 105 cm³/mol. The van der Waals surface area contributed by atoms with E-state index < -0.39 is 5.41 Å². The maximum Gasteiger partial charge on any atom is 0.235 e. The summed E-state index contributed by atoms with van der Waals surface area (Å²) in [5.41, 5.74) is 1.84. The highest BCUT2D eigenvalue weighted by molar-refractivity contribution is 6.06. The summed E-state index contributed by atoms with van der Waals surface area (Å²) in [4.78, 5) is 23.3. The third kappa shape index (κ3) is 3.79. The average Bonchev–Trinajstić information content (AvgIpc) is 3.01. The number of aliphatic hydroxyl groups excluding tert-OH is 1. The quantitative estimate of drug-likeness (QED) is 0.760. The number of likely N-dealkylation sites (tertiary alicyclic amines) is 1. The van der Waals surface area contributed by atoms with Gasteiger partial charge >= 0.3 is 0 Å². The van der Waals surface area contributed by atoms with Crippen LogP contribution in [0.5, 0.6) is 5.75 Å². The molecule has 0 unspecified atom stereocenters. The number of anilines is 1. The Labute approximate surface area is 169 Å². The molecule has 1 aromatic heterocycles. The lowest BCUT2D eigenvalue weighted by molar-refractivity contribution is -0.122. The molecule has 8 nitrogen and oxygen atoms in total. The molecule has 2 aliphatic rings. The van der Waals surface area contributed by atoms with Crippen LogP contribution >= 0.6 is 0 Å². The summed E-state index contributed by atoms with van der Waals surface area (Å²) in [5, 5.41) is 21.1. The smallest absolute Gasteiger partial charge is 0.235 e. The molecule has 0 bridgehead atoms. The SMILES string of the molecule is N#Cc1ccc2c(c1)C1(CCN(CCOc3cnc(CCO)nc3)CC1)C(=O)N2. The normalized spacial score (nSPS) is 17.6. The largest absolute Gasteiger partial charge is 0.489 e. The molecule has 3 heterocycles. The van der Waals surface area contributed by atoms with Crippen molar-refractivity contribution in [2.45, 2.75) is 24.7 Å². The van der Waals surface area contributed by atoms with E-state index in [4.69, 9.17) is 9.84 Å². The Bertz CT molecular complexity index is 930. The van der Waals surface area contributed by atoms with Gasteiger partial charge in [0.25, 0.3) is 0 Å². The third-order valence-corrected chi connectivity index (χ3v) is 5.75. The molecule has 150 valence electrons. The molecule has 2 aromatic rings. The van der Waals surface area contributed by atoms with Crippen LogP contribution in [0.2, 0.25) is 0 Å². The number of aliphatic hydroxyl groups is 1. The molecule has 29 heavy (non-hydrogen) atoms. The Morgan fingerprint density at radius 1 is 1.28 bits per heavy atom. The Kier molecular flexibility index (Phi) is 5.43. The number of carbonyl (C=O) groups is 1. The van der Waals surface area contributed by atoms with Crippen molar-refractivity contribution in [2.24, 2.45) is 0 Å². The van der Waals surface area contributed by atoms with E-state index in [0.29, 0.717) is 30.2 Å². The molecule has 0 atom stereocenters. The highest BCUT2D eigenvalue weighted by Crippen LogP contribution is 2.45. The van der Waals surface area contributed by atoms with Crippen LogP contribution < -0.4 is 10.1 Å². The molecule has 0 saturated carbocycles. The summed E-state index contributed by atoms with van der Waals surface area (Å²) < 4.78 is 5.72. The molecule has 0 aliphatic carbocycles. The van der Waals surface area contributed by atoms with Crippen molar-refractivity contribution in [1.29, 1.82) is 5.26 Å². The van der Waals surface area contributed by atoms with E-state index in [1.165, 1.54) is 0 Å². The number of fused-ring (bicyclic) bond motifs is 2. The van der Waals surface area contributed by atoms with Crippen LogP contribution in [0, 0.1) is 11.3 Å². The molecule has 0 radical (unpaired) electrons. The molecule has 1 saturated heterocycles. The molecule has 2 N–H and O–H groups in total. The number of benzene rings is 1. The van der Waals surface area contributed by atoms with Gasteiger partial charge in [0.1, 0.15) is 12.4 Å². The Hall–Kier alpha value is -3.02. The first-order chi connectivity index (χ1) is 14.1. The van der Waals surface area contributed by atoms with Crippen LogP contribution in [0.25, 0.3) is 0 Å². The molecule has 8 heteroatoms. The van der Waals surface area contributed by atoms with Crippen molar-refractivity contribution in [1.82, 2.24) is 14.9 Å². The highest BCUT2D eigenvalue weighted by Gasteiger charge is 2.48. The third-order valence-electron chi connectivity index (χ3n) is 5.75. The lowest BCUT2D eigenvalue weighted by atomic mass is 9.73. The van der Waals surface area contributed by atoms with Crippen LogP contribution in [0.4, 0.5) is 5.69 Å². The molecule has 4 rings (SSSR count). The minimum Gasteiger partial charge on any atom is -0.489 e. The van der Waals surface area contributed by atoms with E-state index in [-0.39, 0.29) is 12.5 Å². The number of rotatable bonds is 6. The average molecular weight is 393 g/mol. The van der Waals surface area contributed by atoms with E-state index >= 15 is 0 Å². The first-order valence-corrected chi connectivity index (χ1v) is 9.78. The second kappa shape index (κ2) is 8.15. The van der Waals surface area contributed by atoms with E-state index in [9.17, 15) is 10.1 Å². The minimum atomic E-state index is -0.532. The molecular formula is C21H23N5O3. The maximum atomic E-state index is 12.7. The van der Waals surface area contributed by atoms with Crippen LogP contribution in [-0.2, 0) is 16.6 Å². The van der Waals surface area contributed by atoms with Crippen molar-refractivity contribution < 1.29 is 14.6 Å². The monoisotopic (exact) mass is 393 g/mol. The van der Waals surface area contributed by atoms with Gasteiger partial charge in [0.05, 0.1) is 36.0 Å². The standard InChI is InChI=1S/C21H23N5O3/c22-12-15-1-2-18-17(11-15)21(20(28)25-18)4-6-26(7-5-21)8-10-29-16-13-23-19(3-9-27)24-14-16/h1-2,11,13-14,27H,3-10H2,(H,25,28). The Balaban J connectivity index is 1.32. The number of nitrogens with zero attached hydrogens (tertiary/aromatic N) is 4. The van der Waals surface area contributed by atoms with Gasteiger partial charge in [-0.15, -0.1) is 0 Å². The second-order valence-corrected chi connectivity index (χ2v) is 7.41. The lowest BCUT2D eigenvalue weighted by Crippen LogP contribution is -2.47. The predicted octanol–water partition coefficient (Wildman–Crippen LogP) is 1.25. The molecule has 2 aliphatic heterocycles. The van der Waals surface area contributed by atoms with Gasteiger partial charge in [-0.25, -0.2) is 9.97 Å². The second-order valence-electron chi connectivity index (χ2n) is 7.41. The van der Waals surface area contributed by atoms with Gasteiger partial charge < -0.3 is 15.2 Å². The first-order valence-electron chi connectivity index (χ1n) is 9.78. The van der Waals surface area contributed by atoms with Crippen molar-refractivity contribution in [3.05, 3.63) is 47.5 Å². The lowest BCUT2D eigenvalue weighted by Gasteiger charge is -2.37. The molecule has 1 fully saturated rings. The van der Waals surface area contributed by atoms with Gasteiger partial charge in [-0.05, 0) is 49.7 Å². The molecule has 1 amide bonds. The van der Waals surface area contributed by atoms with Gasteiger partial charge in [0.2, 0.25) is 5.91 Å². The fraction of sp³-hybridized carbons (Fsp3) is 0.429. The van der Waals surface area contributed by atoms with Gasteiger partial charge in [0.15, 0.2) is 5.75 Å². The van der Waals surface area contributed by atoms with Crippen molar-refractivity contribution in [3.8, 4) is 11.8 Å². The van der Waals surface area contributed by atoms with E-state index in [1.54, 1.807) is 18.5 Å². The zero-order valence-electron chi connectivity index (χ0n) is 16.1. The van der Waals surface area contributed by atoms with E-state index in [2.05, 4.69) is 26.3 Å². The van der Waals surface area contributed by atoms with Gasteiger partial charge in [-0.1, -0.05) is 0 Å². The van der Waals surface area contributed by atoms with Crippen molar-refractivity contribution in [2.75, 3.05) is 38.2 Å². The van der Waals surface area contributed by atoms with E-state index in [0.717, 1.165) is 43.7 Å². The summed E-state index contributed by atoms with van der Waals surface area (Å²) in [6.45, 7) is 2.87.